The zero-order valence-corrected chi connectivity index (χ0v) is 13.3. The van der Waals surface area contributed by atoms with E-state index in [2.05, 4.69) is 59.0 Å². The van der Waals surface area contributed by atoms with Crippen LogP contribution < -0.4 is 5.32 Å². The van der Waals surface area contributed by atoms with Gasteiger partial charge < -0.3 is 10.2 Å². The lowest BCUT2D eigenvalue weighted by atomic mass is 9.99. The van der Waals surface area contributed by atoms with E-state index in [4.69, 9.17) is 0 Å². The summed E-state index contributed by atoms with van der Waals surface area (Å²) in [7, 11) is 4.45. The Balaban J connectivity index is 2.15. The molecule has 1 aromatic rings. The molecule has 1 aromatic heterocycles. The number of hydrogen-bond acceptors (Lipinski definition) is 4. The average molecular weight is 279 g/mol. The Morgan fingerprint density at radius 3 is 2.85 bits per heavy atom. The van der Waals surface area contributed by atoms with Crippen molar-refractivity contribution >= 4 is 0 Å². The first-order valence-corrected chi connectivity index (χ1v) is 7.80. The lowest BCUT2D eigenvalue weighted by molar-refractivity contribution is 0.0880. The van der Waals surface area contributed by atoms with Gasteiger partial charge in [-0.15, -0.1) is 0 Å². The van der Waals surface area contributed by atoms with Gasteiger partial charge in [0.1, 0.15) is 0 Å². The molecule has 0 radical (unpaired) electrons. The van der Waals surface area contributed by atoms with Gasteiger partial charge in [0.15, 0.2) is 0 Å². The minimum atomic E-state index is 0.360. The van der Waals surface area contributed by atoms with Crippen molar-refractivity contribution in [3.63, 3.8) is 0 Å². The molecule has 0 bridgehead atoms. The summed E-state index contributed by atoms with van der Waals surface area (Å²) in [6.45, 7) is 9.74. The van der Waals surface area contributed by atoms with Crippen LogP contribution in [0.4, 0.5) is 0 Å². The standard InChI is InChI=1S/C15H29N5/c1-5-7-20-11-13(10-17-20)15(16-6-2)14-12-18(3)8-9-19(14)4/h10-11,14-16H,5-9,12H2,1-4H3. The zero-order chi connectivity index (χ0) is 14.5. The molecule has 1 aliphatic heterocycles. The molecule has 0 amide bonds. The maximum Gasteiger partial charge on any atom is 0.0538 e. The molecule has 2 unspecified atom stereocenters. The quantitative estimate of drug-likeness (QED) is 0.848. The third kappa shape index (κ3) is 3.59. The molecule has 2 heterocycles. The van der Waals surface area contributed by atoms with Gasteiger partial charge in [0.05, 0.1) is 12.2 Å². The maximum absolute atomic E-state index is 4.49. The fourth-order valence-corrected chi connectivity index (χ4v) is 2.99. The number of nitrogens with zero attached hydrogens (tertiary/aromatic N) is 4. The average Bonchev–Trinajstić information content (AvgIpc) is 2.88. The largest absolute Gasteiger partial charge is 0.309 e. The lowest BCUT2D eigenvalue weighted by Crippen LogP contribution is -2.55. The Morgan fingerprint density at radius 1 is 1.35 bits per heavy atom. The minimum Gasteiger partial charge on any atom is -0.309 e. The highest BCUT2D eigenvalue weighted by atomic mass is 15.3. The van der Waals surface area contributed by atoms with Crippen molar-refractivity contribution in [2.75, 3.05) is 40.3 Å². The molecule has 1 N–H and O–H groups in total. The molecule has 20 heavy (non-hydrogen) atoms. The van der Waals surface area contributed by atoms with E-state index in [0.29, 0.717) is 12.1 Å². The van der Waals surface area contributed by atoms with Crippen LogP contribution in [-0.4, -0.2) is 65.9 Å². The smallest absolute Gasteiger partial charge is 0.0538 e. The molecule has 2 rings (SSSR count). The zero-order valence-electron chi connectivity index (χ0n) is 13.3. The molecular weight excluding hydrogens is 250 g/mol. The first-order valence-electron chi connectivity index (χ1n) is 7.80. The van der Waals surface area contributed by atoms with Crippen molar-refractivity contribution in [1.29, 1.82) is 0 Å². The second-order valence-corrected chi connectivity index (χ2v) is 5.88. The summed E-state index contributed by atoms with van der Waals surface area (Å²) < 4.78 is 2.06. The number of nitrogens with one attached hydrogen (secondary N) is 1. The Morgan fingerprint density at radius 2 is 2.15 bits per heavy atom. The van der Waals surface area contributed by atoms with E-state index in [1.807, 2.05) is 6.20 Å². The Labute approximate surface area is 122 Å². The summed E-state index contributed by atoms with van der Waals surface area (Å²) in [6.07, 6.45) is 5.36. The molecule has 5 heteroatoms. The fourth-order valence-electron chi connectivity index (χ4n) is 2.99. The summed E-state index contributed by atoms with van der Waals surface area (Å²) in [5.41, 5.74) is 1.31. The van der Waals surface area contributed by atoms with Crippen LogP contribution in [0.1, 0.15) is 31.9 Å². The second-order valence-electron chi connectivity index (χ2n) is 5.88. The van der Waals surface area contributed by atoms with Crippen LogP contribution >= 0.6 is 0 Å². The third-order valence-corrected chi connectivity index (χ3v) is 4.17. The van der Waals surface area contributed by atoms with E-state index in [0.717, 1.165) is 39.1 Å². The predicted molar refractivity (Wildman–Crippen MR) is 82.9 cm³/mol. The maximum atomic E-state index is 4.49. The molecule has 0 saturated carbocycles. The summed E-state index contributed by atoms with van der Waals surface area (Å²) in [4.78, 5) is 4.90. The number of aryl methyl sites for hydroxylation is 1. The van der Waals surface area contributed by atoms with Gasteiger partial charge in [-0.3, -0.25) is 9.58 Å². The third-order valence-electron chi connectivity index (χ3n) is 4.17. The molecule has 2 atom stereocenters. The molecule has 114 valence electrons. The van der Waals surface area contributed by atoms with E-state index in [1.165, 1.54) is 5.56 Å². The van der Waals surface area contributed by atoms with Crippen molar-refractivity contribution in [1.82, 2.24) is 24.9 Å². The van der Waals surface area contributed by atoms with Gasteiger partial charge in [0.2, 0.25) is 0 Å². The SMILES string of the molecule is CCCn1cc(C(NCC)C2CN(C)CCN2C)cn1. The molecular formula is C15H29N5. The van der Waals surface area contributed by atoms with Crippen LogP contribution in [0.2, 0.25) is 0 Å². The molecule has 1 saturated heterocycles. The van der Waals surface area contributed by atoms with E-state index < -0.39 is 0 Å². The van der Waals surface area contributed by atoms with Crippen molar-refractivity contribution in [3.05, 3.63) is 18.0 Å². The summed E-state index contributed by atoms with van der Waals surface area (Å²) in [5.74, 6) is 0. The summed E-state index contributed by atoms with van der Waals surface area (Å²) >= 11 is 0. The van der Waals surface area contributed by atoms with Crippen molar-refractivity contribution in [2.45, 2.75) is 38.9 Å². The second kappa shape index (κ2) is 7.20. The lowest BCUT2D eigenvalue weighted by Gasteiger charge is -2.42. The topological polar surface area (TPSA) is 36.3 Å². The van der Waals surface area contributed by atoms with Crippen molar-refractivity contribution < 1.29 is 0 Å². The first kappa shape index (κ1) is 15.5. The van der Waals surface area contributed by atoms with Gasteiger partial charge in [0.25, 0.3) is 0 Å². The predicted octanol–water partition coefficient (Wildman–Crippen LogP) is 1.19. The summed E-state index contributed by atoms with van der Waals surface area (Å²) in [6, 6.07) is 0.867. The van der Waals surface area contributed by atoms with Crippen LogP contribution in [0.15, 0.2) is 12.4 Å². The highest BCUT2D eigenvalue weighted by Crippen LogP contribution is 2.23. The van der Waals surface area contributed by atoms with Crippen LogP contribution in [0.5, 0.6) is 0 Å². The Hall–Kier alpha value is -0.910. The van der Waals surface area contributed by atoms with Gasteiger partial charge >= 0.3 is 0 Å². The number of rotatable bonds is 6. The Kier molecular flexibility index (Phi) is 5.57. The van der Waals surface area contributed by atoms with Gasteiger partial charge in [-0.1, -0.05) is 13.8 Å². The van der Waals surface area contributed by atoms with Gasteiger partial charge in [-0.05, 0) is 27.1 Å². The number of aromatic nitrogens is 2. The van der Waals surface area contributed by atoms with Crippen LogP contribution in [0.3, 0.4) is 0 Å². The van der Waals surface area contributed by atoms with E-state index in [1.54, 1.807) is 0 Å². The van der Waals surface area contributed by atoms with Crippen molar-refractivity contribution in [3.8, 4) is 0 Å². The number of piperazine rings is 1. The minimum absolute atomic E-state index is 0.360. The molecule has 0 aromatic carbocycles. The van der Waals surface area contributed by atoms with E-state index in [-0.39, 0.29) is 0 Å². The molecule has 5 nitrogen and oxygen atoms in total. The first-order chi connectivity index (χ1) is 9.65. The fraction of sp³-hybridized carbons (Fsp3) is 0.800. The van der Waals surface area contributed by atoms with E-state index >= 15 is 0 Å². The van der Waals surface area contributed by atoms with E-state index in [9.17, 15) is 0 Å². The molecule has 0 aliphatic carbocycles. The highest BCUT2D eigenvalue weighted by Gasteiger charge is 2.31. The van der Waals surface area contributed by atoms with Gasteiger partial charge in [-0.2, -0.15) is 5.10 Å². The Bertz CT molecular complexity index is 403. The van der Waals surface area contributed by atoms with Gasteiger partial charge in [0, 0.05) is 44.0 Å². The van der Waals surface area contributed by atoms with Gasteiger partial charge in [-0.25, -0.2) is 0 Å². The number of likely N-dealkylation sites (N-methyl/N-ethyl adjacent to an activating group) is 3. The van der Waals surface area contributed by atoms with Crippen molar-refractivity contribution in [2.24, 2.45) is 0 Å². The normalized spacial score (nSPS) is 23.1. The van der Waals surface area contributed by atoms with Crippen LogP contribution in [0.25, 0.3) is 0 Å². The van der Waals surface area contributed by atoms with Crippen LogP contribution in [-0.2, 0) is 6.54 Å². The molecule has 1 fully saturated rings. The molecule has 1 aliphatic rings. The van der Waals surface area contributed by atoms with Crippen LogP contribution in [0, 0.1) is 0 Å². The highest BCUT2D eigenvalue weighted by molar-refractivity contribution is 5.14. The summed E-state index contributed by atoms with van der Waals surface area (Å²) in [5, 5.41) is 8.15. The molecule has 0 spiro atoms. The monoisotopic (exact) mass is 279 g/mol. The number of hydrogen-bond donors (Lipinski definition) is 1.